The lowest BCUT2D eigenvalue weighted by molar-refractivity contribution is -0.384. The largest absolute Gasteiger partial charge is 0.496 e. The van der Waals surface area contributed by atoms with Crippen LogP contribution < -0.4 is 10.2 Å². The summed E-state index contributed by atoms with van der Waals surface area (Å²) in [5.74, 6) is 0.410. The summed E-state index contributed by atoms with van der Waals surface area (Å²) in [5, 5.41) is 19.1. The van der Waals surface area contributed by atoms with E-state index in [1.165, 1.54) is 36.9 Å². The van der Waals surface area contributed by atoms with Gasteiger partial charge < -0.3 is 9.15 Å². The summed E-state index contributed by atoms with van der Waals surface area (Å²) in [4.78, 5) is 21.1. The van der Waals surface area contributed by atoms with Gasteiger partial charge in [-0.25, -0.2) is 5.48 Å². The van der Waals surface area contributed by atoms with Gasteiger partial charge in [-0.2, -0.15) is 0 Å². The molecular weight excluding hydrogens is 292 g/mol. The number of hydrogen-bond donors (Lipinski definition) is 2. The Labute approximate surface area is 124 Å². The number of non-ortho nitro benzene ring substituents is 1. The molecule has 8 nitrogen and oxygen atoms in total. The second kappa shape index (κ2) is 6.55. The lowest BCUT2D eigenvalue weighted by Crippen LogP contribution is -2.14. The van der Waals surface area contributed by atoms with Crippen LogP contribution in [0.4, 0.5) is 5.69 Å². The van der Waals surface area contributed by atoms with Crippen LogP contribution in [-0.2, 0) is 4.79 Å². The monoisotopic (exact) mass is 304 g/mol. The summed E-state index contributed by atoms with van der Waals surface area (Å²) in [5.41, 5.74) is 1.91. The van der Waals surface area contributed by atoms with E-state index < -0.39 is 10.8 Å². The minimum absolute atomic E-state index is 0.0908. The Hall–Kier alpha value is -3.13. The molecule has 0 unspecified atom stereocenters. The molecule has 22 heavy (non-hydrogen) atoms. The lowest BCUT2D eigenvalue weighted by Gasteiger charge is -2.05. The molecule has 0 spiro atoms. The van der Waals surface area contributed by atoms with Crippen LogP contribution in [0.3, 0.4) is 0 Å². The third-order valence-corrected chi connectivity index (χ3v) is 2.80. The van der Waals surface area contributed by atoms with E-state index in [4.69, 9.17) is 14.4 Å². The van der Waals surface area contributed by atoms with E-state index >= 15 is 0 Å². The molecule has 2 N–H and O–H groups in total. The number of benzene rings is 1. The van der Waals surface area contributed by atoms with Gasteiger partial charge in [0.1, 0.15) is 17.3 Å². The molecule has 0 aliphatic rings. The predicted octanol–water partition coefficient (Wildman–Crippen LogP) is 2.38. The number of amides is 1. The Balaban J connectivity index is 2.32. The summed E-state index contributed by atoms with van der Waals surface area (Å²) in [6, 6.07) is 7.41. The summed E-state index contributed by atoms with van der Waals surface area (Å²) in [6.45, 7) is 0. The standard InChI is InChI=1S/C14H12N2O6/c1-21-13-8-9(16(19)20)2-5-11(13)12-6-3-10(22-12)4-7-14(17)15-18/h2-8,18H,1H3,(H,15,17)/b7-4+. The Morgan fingerprint density at radius 1 is 1.41 bits per heavy atom. The first-order valence-electron chi connectivity index (χ1n) is 6.10. The molecule has 0 atom stereocenters. The maximum atomic E-state index is 10.9. The minimum atomic E-state index is -0.689. The molecule has 1 aromatic carbocycles. The first-order chi connectivity index (χ1) is 10.5. The molecule has 1 amide bonds. The smallest absolute Gasteiger partial charge is 0.273 e. The van der Waals surface area contributed by atoms with Crippen molar-refractivity contribution < 1.29 is 24.1 Å². The third-order valence-electron chi connectivity index (χ3n) is 2.80. The van der Waals surface area contributed by atoms with Gasteiger partial charge in [0.25, 0.3) is 11.6 Å². The predicted molar refractivity (Wildman–Crippen MR) is 76.3 cm³/mol. The molecule has 0 saturated carbocycles. The molecule has 0 aliphatic carbocycles. The van der Waals surface area contributed by atoms with Gasteiger partial charge in [0.05, 0.1) is 23.7 Å². The molecular formula is C14H12N2O6. The molecule has 8 heteroatoms. The van der Waals surface area contributed by atoms with Gasteiger partial charge in [0.2, 0.25) is 0 Å². The van der Waals surface area contributed by atoms with Gasteiger partial charge in [-0.1, -0.05) is 0 Å². The summed E-state index contributed by atoms with van der Waals surface area (Å²) >= 11 is 0. The number of nitrogens with zero attached hydrogens (tertiary/aromatic N) is 1. The van der Waals surface area contributed by atoms with Gasteiger partial charge in [-0.3, -0.25) is 20.1 Å². The number of carbonyl (C=O) groups excluding carboxylic acids is 1. The Bertz CT molecular complexity index is 735. The van der Waals surface area contributed by atoms with Crippen LogP contribution in [0.25, 0.3) is 17.4 Å². The number of nitro groups is 1. The Morgan fingerprint density at radius 3 is 2.82 bits per heavy atom. The van der Waals surface area contributed by atoms with Crippen molar-refractivity contribution in [1.82, 2.24) is 5.48 Å². The lowest BCUT2D eigenvalue weighted by atomic mass is 10.1. The maximum Gasteiger partial charge on any atom is 0.273 e. The highest BCUT2D eigenvalue weighted by atomic mass is 16.6. The van der Waals surface area contributed by atoms with Crippen molar-refractivity contribution in [2.75, 3.05) is 7.11 Å². The molecule has 2 aromatic rings. The van der Waals surface area contributed by atoms with E-state index in [9.17, 15) is 14.9 Å². The van der Waals surface area contributed by atoms with E-state index in [-0.39, 0.29) is 5.69 Å². The van der Waals surface area contributed by atoms with E-state index in [1.807, 2.05) is 0 Å². The zero-order valence-electron chi connectivity index (χ0n) is 11.5. The highest BCUT2D eigenvalue weighted by molar-refractivity contribution is 5.90. The average molecular weight is 304 g/mol. The van der Waals surface area contributed by atoms with Gasteiger partial charge >= 0.3 is 0 Å². The number of hydroxylamine groups is 1. The number of rotatable bonds is 5. The summed E-state index contributed by atoms with van der Waals surface area (Å²) < 4.78 is 10.6. The van der Waals surface area contributed by atoms with Crippen molar-refractivity contribution in [1.29, 1.82) is 0 Å². The van der Waals surface area contributed by atoms with Crippen molar-refractivity contribution in [3.63, 3.8) is 0 Å². The van der Waals surface area contributed by atoms with Crippen LogP contribution in [-0.4, -0.2) is 23.1 Å². The molecule has 114 valence electrons. The minimum Gasteiger partial charge on any atom is -0.496 e. The van der Waals surface area contributed by atoms with Crippen molar-refractivity contribution in [3.05, 3.63) is 52.3 Å². The first-order valence-corrected chi connectivity index (χ1v) is 6.10. The van der Waals surface area contributed by atoms with Crippen LogP contribution in [0, 0.1) is 10.1 Å². The van der Waals surface area contributed by atoms with E-state index in [0.29, 0.717) is 22.8 Å². The van der Waals surface area contributed by atoms with Crippen molar-refractivity contribution >= 4 is 17.7 Å². The normalized spacial score (nSPS) is 10.6. The molecule has 0 fully saturated rings. The summed E-state index contributed by atoms with van der Waals surface area (Å²) in [6.07, 6.45) is 2.46. The van der Waals surface area contributed by atoms with Crippen LogP contribution in [0.1, 0.15) is 5.76 Å². The van der Waals surface area contributed by atoms with Crippen LogP contribution >= 0.6 is 0 Å². The van der Waals surface area contributed by atoms with Gasteiger partial charge in [0, 0.05) is 12.1 Å². The molecule has 1 heterocycles. The number of methoxy groups -OCH3 is 1. The fourth-order valence-corrected chi connectivity index (χ4v) is 1.78. The fourth-order valence-electron chi connectivity index (χ4n) is 1.78. The zero-order chi connectivity index (χ0) is 16.1. The Kier molecular flexibility index (Phi) is 4.54. The number of ether oxygens (including phenoxy) is 1. The third kappa shape index (κ3) is 3.30. The number of nitro benzene ring substituents is 1. The Morgan fingerprint density at radius 2 is 2.18 bits per heavy atom. The maximum absolute atomic E-state index is 10.9. The van der Waals surface area contributed by atoms with Crippen LogP contribution in [0.2, 0.25) is 0 Å². The fraction of sp³-hybridized carbons (Fsp3) is 0.0714. The molecule has 0 bridgehead atoms. The number of carbonyl (C=O) groups is 1. The van der Waals surface area contributed by atoms with Crippen molar-refractivity contribution in [2.24, 2.45) is 0 Å². The summed E-state index contributed by atoms with van der Waals surface area (Å²) in [7, 11) is 1.40. The highest BCUT2D eigenvalue weighted by Crippen LogP contribution is 2.34. The zero-order valence-corrected chi connectivity index (χ0v) is 11.5. The number of hydrogen-bond acceptors (Lipinski definition) is 6. The number of nitrogens with one attached hydrogen (secondary N) is 1. The van der Waals surface area contributed by atoms with Crippen molar-refractivity contribution in [3.8, 4) is 17.1 Å². The SMILES string of the molecule is COc1cc([N+](=O)[O-])ccc1-c1ccc(/C=C/C(=O)NO)o1. The molecule has 0 radical (unpaired) electrons. The first kappa shape index (κ1) is 15.3. The van der Waals surface area contributed by atoms with Crippen LogP contribution in [0.15, 0.2) is 40.8 Å². The van der Waals surface area contributed by atoms with E-state index in [1.54, 1.807) is 12.1 Å². The van der Waals surface area contributed by atoms with Crippen molar-refractivity contribution in [2.45, 2.75) is 0 Å². The van der Waals surface area contributed by atoms with Crippen LogP contribution in [0.5, 0.6) is 5.75 Å². The number of furan rings is 1. The van der Waals surface area contributed by atoms with Gasteiger partial charge in [0.15, 0.2) is 0 Å². The quantitative estimate of drug-likeness (QED) is 0.379. The second-order valence-corrected chi connectivity index (χ2v) is 4.15. The second-order valence-electron chi connectivity index (χ2n) is 4.15. The van der Waals surface area contributed by atoms with Gasteiger partial charge in [-0.05, 0) is 24.3 Å². The van der Waals surface area contributed by atoms with E-state index in [2.05, 4.69) is 0 Å². The molecule has 0 saturated heterocycles. The van der Waals surface area contributed by atoms with E-state index in [0.717, 1.165) is 6.08 Å². The highest BCUT2D eigenvalue weighted by Gasteiger charge is 2.15. The average Bonchev–Trinajstić information content (AvgIpc) is 3.00. The molecule has 0 aliphatic heterocycles. The molecule has 2 rings (SSSR count). The topological polar surface area (TPSA) is 115 Å². The molecule has 1 aromatic heterocycles. The van der Waals surface area contributed by atoms with Gasteiger partial charge in [-0.15, -0.1) is 0 Å².